The first-order chi connectivity index (χ1) is 15.1. The number of hydrogen-bond donors (Lipinski definition) is 1. The zero-order chi connectivity index (χ0) is 21.4. The molecule has 1 unspecified atom stereocenters. The van der Waals surface area contributed by atoms with Crippen molar-refractivity contribution in [3.8, 4) is 22.6 Å². The number of nitrogens with zero attached hydrogens (tertiary/aromatic N) is 3. The Morgan fingerprint density at radius 2 is 1.65 bits per heavy atom. The zero-order valence-electron chi connectivity index (χ0n) is 17.6. The lowest BCUT2D eigenvalue weighted by Crippen LogP contribution is -2.32. The maximum absolute atomic E-state index is 13.0. The predicted octanol–water partition coefficient (Wildman–Crippen LogP) is 5.26. The Morgan fingerprint density at radius 3 is 2.39 bits per heavy atom. The molecule has 154 valence electrons. The molecule has 0 saturated heterocycles. The van der Waals surface area contributed by atoms with Crippen LogP contribution in [0.25, 0.3) is 22.6 Å². The van der Waals surface area contributed by atoms with Crippen LogP contribution in [0.3, 0.4) is 0 Å². The Morgan fingerprint density at radius 1 is 0.935 bits per heavy atom. The third kappa shape index (κ3) is 3.63. The molecular weight excluding hydrogens is 384 g/mol. The van der Waals surface area contributed by atoms with Crippen LogP contribution in [0.1, 0.15) is 37.1 Å². The summed E-state index contributed by atoms with van der Waals surface area (Å²) < 4.78 is 1.86. The first kappa shape index (κ1) is 19.2. The molecule has 0 saturated carbocycles. The van der Waals surface area contributed by atoms with Gasteiger partial charge in [0.15, 0.2) is 11.5 Å². The average molecular weight is 409 g/mol. The van der Waals surface area contributed by atoms with Crippen molar-refractivity contribution >= 4 is 5.69 Å². The highest BCUT2D eigenvalue weighted by molar-refractivity contribution is 5.76. The van der Waals surface area contributed by atoms with Crippen molar-refractivity contribution in [3.05, 3.63) is 100 Å². The highest BCUT2D eigenvalue weighted by atomic mass is 16.1. The normalized spacial score (nSPS) is 14.6. The smallest absolute Gasteiger partial charge is 0.300 e. The molecule has 0 aliphatic carbocycles. The fraction of sp³-hybridized carbons (Fsp3) is 0.192. The molecular formula is C26H24N4O. The number of rotatable bonds is 4. The fourth-order valence-electron chi connectivity index (χ4n) is 4.03. The maximum atomic E-state index is 13.0. The van der Waals surface area contributed by atoms with E-state index in [1.807, 2.05) is 59.3 Å². The molecule has 0 fully saturated rings. The molecule has 2 heterocycles. The van der Waals surface area contributed by atoms with E-state index in [9.17, 15) is 4.79 Å². The predicted molar refractivity (Wildman–Crippen MR) is 124 cm³/mol. The molecule has 1 aromatic heterocycles. The number of benzene rings is 3. The summed E-state index contributed by atoms with van der Waals surface area (Å²) in [4.78, 5) is 17.5. The van der Waals surface area contributed by atoms with Crippen LogP contribution in [-0.4, -0.2) is 14.8 Å². The van der Waals surface area contributed by atoms with E-state index in [-0.39, 0.29) is 11.7 Å². The monoisotopic (exact) mass is 408 g/mol. The Bertz CT molecular complexity index is 1280. The SMILES string of the molecule is CC(C)c1ccc(-c2nn3c(nc2=O)-c2ccccc2NC3Cc2ccccc2)cc1. The third-order valence-electron chi connectivity index (χ3n) is 5.74. The summed E-state index contributed by atoms with van der Waals surface area (Å²) in [5, 5.41) is 8.40. The topological polar surface area (TPSA) is 59.8 Å². The lowest BCUT2D eigenvalue weighted by atomic mass is 10.0. The molecule has 1 aliphatic heterocycles. The maximum Gasteiger partial charge on any atom is 0.300 e. The minimum absolute atomic E-state index is 0.144. The van der Waals surface area contributed by atoms with Crippen LogP contribution in [-0.2, 0) is 6.42 Å². The summed E-state index contributed by atoms with van der Waals surface area (Å²) in [7, 11) is 0. The molecule has 5 rings (SSSR count). The van der Waals surface area contributed by atoms with Gasteiger partial charge in [0.2, 0.25) is 0 Å². The van der Waals surface area contributed by atoms with E-state index in [2.05, 4.69) is 48.4 Å². The van der Waals surface area contributed by atoms with Crippen LogP contribution in [0.2, 0.25) is 0 Å². The fourth-order valence-corrected chi connectivity index (χ4v) is 4.03. The number of hydrogen-bond acceptors (Lipinski definition) is 4. The van der Waals surface area contributed by atoms with E-state index in [0.29, 0.717) is 17.4 Å². The van der Waals surface area contributed by atoms with Crippen molar-refractivity contribution in [2.45, 2.75) is 32.4 Å². The number of fused-ring (bicyclic) bond motifs is 3. The van der Waals surface area contributed by atoms with Crippen LogP contribution in [0, 0.1) is 0 Å². The molecule has 0 bridgehead atoms. The van der Waals surface area contributed by atoms with E-state index in [0.717, 1.165) is 23.2 Å². The van der Waals surface area contributed by atoms with Gasteiger partial charge in [0.25, 0.3) is 5.56 Å². The Hall–Kier alpha value is -3.73. The van der Waals surface area contributed by atoms with Crippen molar-refractivity contribution in [3.63, 3.8) is 0 Å². The Kier molecular flexibility index (Phi) is 4.86. The second kappa shape index (κ2) is 7.84. The molecule has 0 amide bonds. The van der Waals surface area contributed by atoms with Crippen LogP contribution in [0.5, 0.6) is 0 Å². The molecule has 1 aliphatic rings. The molecule has 5 heteroatoms. The lowest BCUT2D eigenvalue weighted by Gasteiger charge is -2.30. The first-order valence-electron chi connectivity index (χ1n) is 10.6. The molecule has 5 nitrogen and oxygen atoms in total. The molecule has 0 radical (unpaired) electrons. The van der Waals surface area contributed by atoms with Crippen molar-refractivity contribution in [1.29, 1.82) is 0 Å². The summed E-state index contributed by atoms with van der Waals surface area (Å²) in [6.07, 6.45) is 0.583. The second-order valence-corrected chi connectivity index (χ2v) is 8.21. The second-order valence-electron chi connectivity index (χ2n) is 8.21. The summed E-state index contributed by atoms with van der Waals surface area (Å²) in [5.41, 5.74) is 5.12. The highest BCUT2D eigenvalue weighted by Crippen LogP contribution is 2.35. The molecule has 1 atom stereocenters. The Labute approximate surface area is 181 Å². The van der Waals surface area contributed by atoms with E-state index >= 15 is 0 Å². The van der Waals surface area contributed by atoms with Gasteiger partial charge in [-0.1, -0.05) is 80.6 Å². The third-order valence-corrected chi connectivity index (χ3v) is 5.74. The van der Waals surface area contributed by atoms with Crippen LogP contribution < -0.4 is 10.9 Å². The number of nitrogens with one attached hydrogen (secondary N) is 1. The van der Waals surface area contributed by atoms with Gasteiger partial charge in [0.1, 0.15) is 6.17 Å². The van der Waals surface area contributed by atoms with E-state index in [4.69, 9.17) is 5.10 Å². The molecule has 31 heavy (non-hydrogen) atoms. The van der Waals surface area contributed by atoms with Gasteiger partial charge >= 0.3 is 0 Å². The summed E-state index contributed by atoms with van der Waals surface area (Å²) in [6, 6.07) is 26.2. The molecule has 1 N–H and O–H groups in total. The van der Waals surface area contributed by atoms with Gasteiger partial charge < -0.3 is 5.32 Å². The van der Waals surface area contributed by atoms with Gasteiger partial charge in [-0.3, -0.25) is 4.79 Å². The van der Waals surface area contributed by atoms with Gasteiger partial charge in [-0.25, -0.2) is 4.68 Å². The molecule has 3 aromatic carbocycles. The van der Waals surface area contributed by atoms with Crippen molar-refractivity contribution in [1.82, 2.24) is 14.8 Å². The highest BCUT2D eigenvalue weighted by Gasteiger charge is 2.27. The van der Waals surface area contributed by atoms with Crippen molar-refractivity contribution < 1.29 is 0 Å². The average Bonchev–Trinajstić information content (AvgIpc) is 2.79. The van der Waals surface area contributed by atoms with Crippen LogP contribution in [0.15, 0.2) is 83.7 Å². The van der Waals surface area contributed by atoms with E-state index < -0.39 is 0 Å². The van der Waals surface area contributed by atoms with Crippen molar-refractivity contribution in [2.75, 3.05) is 5.32 Å². The van der Waals surface area contributed by atoms with Crippen LogP contribution >= 0.6 is 0 Å². The van der Waals surface area contributed by atoms with Crippen LogP contribution in [0.4, 0.5) is 5.69 Å². The van der Waals surface area contributed by atoms with Crippen molar-refractivity contribution in [2.24, 2.45) is 0 Å². The molecule has 0 spiro atoms. The van der Waals surface area contributed by atoms with Gasteiger partial charge in [0, 0.05) is 23.2 Å². The number of para-hydroxylation sites is 1. The van der Waals surface area contributed by atoms with Gasteiger partial charge in [-0.2, -0.15) is 10.1 Å². The van der Waals surface area contributed by atoms with Gasteiger partial charge in [0.05, 0.1) is 0 Å². The summed E-state index contributed by atoms with van der Waals surface area (Å²) in [6.45, 7) is 4.31. The lowest BCUT2D eigenvalue weighted by molar-refractivity contribution is 0.482. The number of aromatic nitrogens is 3. The van der Waals surface area contributed by atoms with Gasteiger partial charge in [-0.15, -0.1) is 0 Å². The first-order valence-corrected chi connectivity index (χ1v) is 10.6. The standard InChI is InChI=1S/C26H24N4O/c1-17(2)19-12-14-20(15-13-19)24-26(31)28-25-21-10-6-7-11-22(21)27-23(30(25)29-24)16-18-8-4-3-5-9-18/h3-15,17,23,27H,16H2,1-2H3. The number of anilines is 1. The Balaban J connectivity index is 1.63. The van der Waals surface area contributed by atoms with E-state index in [1.165, 1.54) is 11.1 Å². The van der Waals surface area contributed by atoms with E-state index in [1.54, 1.807) is 0 Å². The van der Waals surface area contributed by atoms with Gasteiger partial charge in [-0.05, 0) is 29.2 Å². The minimum atomic E-state index is -0.307. The quantitative estimate of drug-likeness (QED) is 0.500. The molecule has 4 aromatic rings. The largest absolute Gasteiger partial charge is 0.363 e. The summed E-state index contributed by atoms with van der Waals surface area (Å²) in [5.74, 6) is 1.03. The zero-order valence-corrected chi connectivity index (χ0v) is 17.6. The minimum Gasteiger partial charge on any atom is -0.363 e. The summed E-state index contributed by atoms with van der Waals surface area (Å²) >= 11 is 0.